The fraction of sp³-hybridized carbons (Fsp3) is 0.500. The summed E-state index contributed by atoms with van der Waals surface area (Å²) >= 11 is 0. The van der Waals surface area contributed by atoms with Gasteiger partial charge in [0.15, 0.2) is 0 Å². The third kappa shape index (κ3) is 4.24. The van der Waals surface area contributed by atoms with Crippen molar-refractivity contribution in [3.63, 3.8) is 0 Å². The second-order valence-electron chi connectivity index (χ2n) is 7.63. The molecule has 1 aliphatic rings. The molecule has 3 rings (SSSR count). The lowest BCUT2D eigenvalue weighted by Gasteiger charge is -2.40. The van der Waals surface area contributed by atoms with Crippen molar-refractivity contribution >= 4 is 28.6 Å². The van der Waals surface area contributed by atoms with Gasteiger partial charge in [-0.25, -0.2) is 9.78 Å². The number of amides is 1. The predicted octanol–water partition coefficient (Wildman–Crippen LogP) is 2.98. The van der Waals surface area contributed by atoms with Crippen molar-refractivity contribution in [3.05, 3.63) is 34.5 Å². The zero-order valence-electron chi connectivity index (χ0n) is 15.9. The Morgan fingerprint density at radius 1 is 1.30 bits per heavy atom. The second-order valence-corrected chi connectivity index (χ2v) is 7.63. The first kappa shape index (κ1) is 18.8. The van der Waals surface area contributed by atoms with E-state index in [0.717, 1.165) is 0 Å². The van der Waals surface area contributed by atoms with Gasteiger partial charge >= 0.3 is 6.09 Å². The quantitative estimate of drug-likeness (QED) is 0.589. The first-order valence-electron chi connectivity index (χ1n) is 8.80. The Morgan fingerprint density at radius 2 is 2.04 bits per heavy atom. The molecular formula is C18H23N5O4. The summed E-state index contributed by atoms with van der Waals surface area (Å²) in [5.41, 5.74) is 0.540. The highest BCUT2D eigenvalue weighted by molar-refractivity contribution is 5.78. The Bertz CT molecular complexity index is 880. The number of nitrogens with zero attached hydrogens (tertiary/aromatic N) is 5. The van der Waals surface area contributed by atoms with Gasteiger partial charge in [-0.15, -0.1) is 0 Å². The van der Waals surface area contributed by atoms with E-state index in [-0.39, 0.29) is 17.8 Å². The number of carbonyl (C=O) groups is 1. The zero-order valence-corrected chi connectivity index (χ0v) is 15.9. The van der Waals surface area contributed by atoms with Crippen LogP contribution >= 0.6 is 0 Å². The van der Waals surface area contributed by atoms with Crippen molar-refractivity contribution in [1.29, 1.82) is 0 Å². The number of nitro groups is 1. The number of fused-ring (bicyclic) bond motifs is 1. The zero-order chi connectivity index (χ0) is 19.8. The van der Waals surface area contributed by atoms with Gasteiger partial charge in [-0.1, -0.05) is 0 Å². The van der Waals surface area contributed by atoms with Gasteiger partial charge in [0.25, 0.3) is 5.69 Å². The number of rotatable bonds is 2. The average molecular weight is 373 g/mol. The number of piperazine rings is 1. The van der Waals surface area contributed by atoms with E-state index in [9.17, 15) is 14.9 Å². The van der Waals surface area contributed by atoms with E-state index >= 15 is 0 Å². The monoisotopic (exact) mass is 373 g/mol. The van der Waals surface area contributed by atoms with Crippen LogP contribution in [0, 0.1) is 10.1 Å². The van der Waals surface area contributed by atoms with Gasteiger partial charge in [-0.3, -0.25) is 15.1 Å². The van der Waals surface area contributed by atoms with Gasteiger partial charge < -0.3 is 14.5 Å². The average Bonchev–Trinajstić information content (AvgIpc) is 2.59. The molecule has 1 fully saturated rings. The minimum absolute atomic E-state index is 0.0100. The van der Waals surface area contributed by atoms with Crippen molar-refractivity contribution < 1.29 is 14.5 Å². The molecule has 1 amide bonds. The van der Waals surface area contributed by atoms with Gasteiger partial charge in [0, 0.05) is 37.8 Å². The first-order chi connectivity index (χ1) is 12.6. The van der Waals surface area contributed by atoms with E-state index in [1.54, 1.807) is 17.2 Å². The first-order valence-corrected chi connectivity index (χ1v) is 8.80. The molecule has 2 heterocycles. The standard InChI is InChI=1S/C18H23N5O4/c1-12-11-21(7-8-22(12)17(24)27-18(2,3)4)16-10-19-15-9-13(23(25)26)5-6-14(15)20-16/h5-6,9-10,12H,7-8,11H2,1-4H3. The Morgan fingerprint density at radius 3 is 2.67 bits per heavy atom. The van der Waals surface area contributed by atoms with Crippen LogP contribution in [0.25, 0.3) is 11.0 Å². The van der Waals surface area contributed by atoms with Crippen molar-refractivity contribution in [1.82, 2.24) is 14.9 Å². The maximum atomic E-state index is 12.3. The minimum Gasteiger partial charge on any atom is -0.444 e. The molecule has 9 heteroatoms. The molecule has 0 N–H and O–H groups in total. The number of anilines is 1. The Balaban J connectivity index is 1.74. The number of aromatic nitrogens is 2. The molecule has 1 atom stereocenters. The molecule has 1 unspecified atom stereocenters. The highest BCUT2D eigenvalue weighted by Gasteiger charge is 2.31. The van der Waals surface area contributed by atoms with E-state index in [2.05, 4.69) is 14.9 Å². The van der Waals surface area contributed by atoms with Gasteiger partial charge in [-0.05, 0) is 33.8 Å². The van der Waals surface area contributed by atoms with Crippen LogP contribution in [0.1, 0.15) is 27.7 Å². The van der Waals surface area contributed by atoms with E-state index in [1.165, 1.54) is 12.1 Å². The fourth-order valence-corrected chi connectivity index (χ4v) is 3.01. The highest BCUT2D eigenvalue weighted by atomic mass is 16.6. The SMILES string of the molecule is CC1CN(c2cnc3cc([N+](=O)[O-])ccc3n2)CCN1C(=O)OC(C)(C)C. The van der Waals surface area contributed by atoms with Crippen LogP contribution in [0.5, 0.6) is 0 Å². The Hall–Kier alpha value is -2.97. The van der Waals surface area contributed by atoms with Gasteiger partial charge in [0.1, 0.15) is 11.4 Å². The van der Waals surface area contributed by atoms with E-state index < -0.39 is 10.5 Å². The summed E-state index contributed by atoms with van der Waals surface area (Å²) in [6.45, 7) is 9.25. The number of hydrogen-bond donors (Lipinski definition) is 0. The lowest BCUT2D eigenvalue weighted by Crippen LogP contribution is -2.55. The smallest absolute Gasteiger partial charge is 0.410 e. The third-order valence-electron chi connectivity index (χ3n) is 4.30. The van der Waals surface area contributed by atoms with Gasteiger partial charge in [-0.2, -0.15) is 0 Å². The molecule has 2 aromatic rings. The number of ether oxygens (including phenoxy) is 1. The van der Waals surface area contributed by atoms with Crippen molar-refractivity contribution in [2.75, 3.05) is 24.5 Å². The summed E-state index contributed by atoms with van der Waals surface area (Å²) in [7, 11) is 0. The Labute approximate surface area is 157 Å². The van der Waals surface area contributed by atoms with Crippen LogP contribution in [0.15, 0.2) is 24.4 Å². The molecule has 27 heavy (non-hydrogen) atoms. The largest absolute Gasteiger partial charge is 0.444 e. The molecule has 0 radical (unpaired) electrons. The van der Waals surface area contributed by atoms with Gasteiger partial charge in [0.2, 0.25) is 0 Å². The molecule has 144 valence electrons. The molecule has 0 bridgehead atoms. The summed E-state index contributed by atoms with van der Waals surface area (Å²) < 4.78 is 5.46. The molecule has 0 aliphatic carbocycles. The van der Waals surface area contributed by atoms with Crippen LogP contribution in [0.3, 0.4) is 0 Å². The predicted molar refractivity (Wildman–Crippen MR) is 101 cm³/mol. The van der Waals surface area contributed by atoms with Crippen LogP contribution in [-0.2, 0) is 4.74 Å². The number of carbonyl (C=O) groups excluding carboxylic acids is 1. The minimum atomic E-state index is -0.527. The highest BCUT2D eigenvalue weighted by Crippen LogP contribution is 2.23. The fourth-order valence-electron chi connectivity index (χ4n) is 3.01. The maximum absolute atomic E-state index is 12.3. The summed E-state index contributed by atoms with van der Waals surface area (Å²) in [6.07, 6.45) is 1.30. The van der Waals surface area contributed by atoms with E-state index in [1.807, 2.05) is 27.7 Å². The molecule has 1 aromatic heterocycles. The summed E-state index contributed by atoms with van der Waals surface area (Å²) in [4.78, 5) is 35.4. The number of nitro benzene ring substituents is 1. The maximum Gasteiger partial charge on any atom is 0.410 e. The van der Waals surface area contributed by atoms with Crippen LogP contribution in [0.4, 0.5) is 16.3 Å². The van der Waals surface area contributed by atoms with Crippen LogP contribution < -0.4 is 4.90 Å². The van der Waals surface area contributed by atoms with E-state index in [0.29, 0.717) is 36.5 Å². The van der Waals surface area contributed by atoms with Crippen molar-refractivity contribution in [2.24, 2.45) is 0 Å². The molecule has 0 spiro atoms. The number of benzene rings is 1. The van der Waals surface area contributed by atoms with Crippen molar-refractivity contribution in [3.8, 4) is 0 Å². The summed E-state index contributed by atoms with van der Waals surface area (Å²) in [5, 5.41) is 10.9. The van der Waals surface area contributed by atoms with E-state index in [4.69, 9.17) is 4.74 Å². The second kappa shape index (κ2) is 6.98. The molecule has 1 saturated heterocycles. The summed E-state index contributed by atoms with van der Waals surface area (Å²) in [6, 6.07) is 4.39. The molecule has 0 saturated carbocycles. The third-order valence-corrected chi connectivity index (χ3v) is 4.30. The molecular weight excluding hydrogens is 350 g/mol. The summed E-state index contributed by atoms with van der Waals surface area (Å²) in [5.74, 6) is 0.687. The molecule has 1 aromatic carbocycles. The number of non-ortho nitro benzene ring substituents is 1. The topological polar surface area (TPSA) is 102 Å². The number of hydrogen-bond acceptors (Lipinski definition) is 7. The van der Waals surface area contributed by atoms with Crippen LogP contribution in [-0.4, -0.2) is 57.2 Å². The normalized spacial score (nSPS) is 17.9. The van der Waals surface area contributed by atoms with Crippen LogP contribution in [0.2, 0.25) is 0 Å². The molecule has 9 nitrogen and oxygen atoms in total. The lowest BCUT2D eigenvalue weighted by molar-refractivity contribution is -0.384. The van der Waals surface area contributed by atoms with Gasteiger partial charge in [0.05, 0.1) is 22.2 Å². The Kier molecular flexibility index (Phi) is 4.86. The molecule has 1 aliphatic heterocycles. The lowest BCUT2D eigenvalue weighted by atomic mass is 10.2. The van der Waals surface area contributed by atoms with Crippen molar-refractivity contribution in [2.45, 2.75) is 39.3 Å².